The summed E-state index contributed by atoms with van der Waals surface area (Å²) in [4.78, 5) is 32.7. The van der Waals surface area contributed by atoms with Gasteiger partial charge in [0.15, 0.2) is 0 Å². The van der Waals surface area contributed by atoms with E-state index in [2.05, 4.69) is 35.8 Å². The van der Waals surface area contributed by atoms with Crippen molar-refractivity contribution in [3.05, 3.63) is 24.3 Å². The van der Waals surface area contributed by atoms with E-state index in [-0.39, 0.29) is 0 Å². The van der Waals surface area contributed by atoms with Crippen molar-refractivity contribution >= 4 is 11.9 Å². The highest BCUT2D eigenvalue weighted by Gasteiger charge is 2.07. The highest BCUT2D eigenvalue weighted by atomic mass is 17.2. The van der Waals surface area contributed by atoms with Gasteiger partial charge in [-0.15, -0.1) is 0 Å². The molecule has 0 atom stereocenters. The molecule has 0 unspecified atom stereocenters. The van der Waals surface area contributed by atoms with Crippen LogP contribution in [0, 0.1) is 0 Å². The van der Waals surface area contributed by atoms with E-state index in [1.54, 1.807) is 0 Å². The van der Waals surface area contributed by atoms with E-state index in [1.807, 2.05) is 6.08 Å². The van der Waals surface area contributed by atoms with Gasteiger partial charge in [-0.3, -0.25) is 0 Å². The Kier molecular flexibility index (Phi) is 32.3. The number of rotatable bonds is 30. The van der Waals surface area contributed by atoms with Gasteiger partial charge in [0, 0.05) is 6.08 Å². The van der Waals surface area contributed by atoms with E-state index in [0.29, 0.717) is 6.42 Å². The Morgan fingerprint density at radius 1 is 0.425 bits per heavy atom. The maximum Gasteiger partial charge on any atom is 0.378 e. The van der Waals surface area contributed by atoms with E-state index in [1.165, 1.54) is 141 Å². The topological polar surface area (TPSA) is 52.6 Å². The normalized spacial score (nSPS) is 11.6. The van der Waals surface area contributed by atoms with Crippen LogP contribution in [0.25, 0.3) is 0 Å². The van der Waals surface area contributed by atoms with Crippen molar-refractivity contribution < 1.29 is 19.4 Å². The molecule has 0 rings (SSSR count). The predicted molar refractivity (Wildman–Crippen MR) is 171 cm³/mol. The molecule has 4 heteroatoms. The Morgan fingerprint density at radius 2 is 0.775 bits per heavy atom. The van der Waals surface area contributed by atoms with Crippen molar-refractivity contribution in [2.24, 2.45) is 0 Å². The molecule has 0 aliphatic carbocycles. The van der Waals surface area contributed by atoms with E-state index >= 15 is 0 Å². The van der Waals surface area contributed by atoms with Gasteiger partial charge < -0.3 is 0 Å². The number of hydrogen-bond donors (Lipinski definition) is 0. The van der Waals surface area contributed by atoms with Gasteiger partial charge in [0.25, 0.3) is 0 Å². The fourth-order valence-corrected chi connectivity index (χ4v) is 4.96. The molecule has 4 nitrogen and oxygen atoms in total. The Balaban J connectivity index is 3.38. The van der Waals surface area contributed by atoms with Crippen LogP contribution in [0.3, 0.4) is 0 Å². The zero-order valence-corrected chi connectivity index (χ0v) is 26.7. The summed E-state index contributed by atoms with van der Waals surface area (Å²) in [6, 6.07) is 0. The van der Waals surface area contributed by atoms with Gasteiger partial charge in [-0.2, -0.15) is 0 Å². The number of allylic oxidation sites excluding steroid dienone is 3. The van der Waals surface area contributed by atoms with Crippen molar-refractivity contribution in [2.45, 2.75) is 194 Å². The minimum Gasteiger partial charge on any atom is -0.247 e. The number of hydrogen-bond acceptors (Lipinski definition) is 4. The summed E-state index contributed by atoms with van der Waals surface area (Å²) >= 11 is 0. The first-order valence-electron chi connectivity index (χ1n) is 17.4. The van der Waals surface area contributed by atoms with Gasteiger partial charge in [0.05, 0.1) is 6.42 Å². The van der Waals surface area contributed by atoms with Crippen molar-refractivity contribution in [3.8, 4) is 0 Å². The molecule has 0 N–H and O–H groups in total. The molecule has 0 fully saturated rings. The summed E-state index contributed by atoms with van der Waals surface area (Å²) < 4.78 is 0. The lowest BCUT2D eigenvalue weighted by molar-refractivity contribution is -0.255. The van der Waals surface area contributed by atoms with Crippen molar-refractivity contribution in [1.82, 2.24) is 0 Å². The van der Waals surface area contributed by atoms with Gasteiger partial charge >= 0.3 is 11.9 Å². The minimum absolute atomic E-state index is 0.300. The average molecular weight is 563 g/mol. The van der Waals surface area contributed by atoms with Gasteiger partial charge in [-0.1, -0.05) is 160 Å². The molecule has 40 heavy (non-hydrogen) atoms. The molecular weight excluding hydrogens is 496 g/mol. The fourth-order valence-electron chi connectivity index (χ4n) is 4.96. The van der Waals surface area contributed by atoms with Crippen LogP contribution in [-0.4, -0.2) is 11.9 Å². The summed E-state index contributed by atoms with van der Waals surface area (Å²) in [6.07, 6.45) is 42.1. The first kappa shape index (κ1) is 38.4. The third-order valence-corrected chi connectivity index (χ3v) is 7.59. The molecule has 0 spiro atoms. The largest absolute Gasteiger partial charge is 0.378 e. The average Bonchev–Trinajstić information content (AvgIpc) is 2.96. The van der Waals surface area contributed by atoms with Crippen LogP contribution in [0.2, 0.25) is 0 Å². The second kappa shape index (κ2) is 33.6. The summed E-state index contributed by atoms with van der Waals surface area (Å²) in [7, 11) is 0. The number of carbonyl (C=O) groups is 2. The van der Waals surface area contributed by atoms with Gasteiger partial charge in [0.1, 0.15) is 0 Å². The first-order chi connectivity index (χ1) is 19.7. The van der Waals surface area contributed by atoms with Crippen LogP contribution in [0.15, 0.2) is 24.3 Å². The molecule has 0 aliphatic heterocycles. The molecule has 0 saturated carbocycles. The molecule has 0 aromatic heterocycles. The molecule has 0 saturated heterocycles. The van der Waals surface area contributed by atoms with Crippen LogP contribution in [-0.2, 0) is 19.4 Å². The van der Waals surface area contributed by atoms with E-state index in [0.717, 1.165) is 38.5 Å². The highest BCUT2D eigenvalue weighted by Crippen LogP contribution is 2.13. The Morgan fingerprint density at radius 3 is 1.20 bits per heavy atom. The van der Waals surface area contributed by atoms with E-state index in [9.17, 15) is 9.59 Å². The molecule has 0 radical (unpaired) electrons. The minimum atomic E-state index is -0.604. The summed E-state index contributed by atoms with van der Waals surface area (Å²) in [6.45, 7) is 4.53. The highest BCUT2D eigenvalue weighted by molar-refractivity contribution is 5.82. The monoisotopic (exact) mass is 562 g/mol. The van der Waals surface area contributed by atoms with Crippen molar-refractivity contribution in [2.75, 3.05) is 0 Å². The summed E-state index contributed by atoms with van der Waals surface area (Å²) in [5, 5.41) is 0. The molecular formula is C36H66O4. The predicted octanol–water partition coefficient (Wildman–Crippen LogP) is 12.1. The molecule has 0 heterocycles. The van der Waals surface area contributed by atoms with Gasteiger partial charge in [-0.25, -0.2) is 19.4 Å². The molecule has 0 bridgehead atoms. The third-order valence-electron chi connectivity index (χ3n) is 7.59. The molecule has 0 aromatic carbocycles. The van der Waals surface area contributed by atoms with Gasteiger partial charge in [-0.05, 0) is 44.9 Å². The Labute approximate surface area is 249 Å². The number of unbranched alkanes of at least 4 members (excludes halogenated alkanes) is 24. The first-order valence-corrected chi connectivity index (χ1v) is 17.4. The van der Waals surface area contributed by atoms with Crippen LogP contribution in [0.1, 0.15) is 194 Å². The second-order valence-electron chi connectivity index (χ2n) is 11.6. The van der Waals surface area contributed by atoms with E-state index < -0.39 is 11.9 Å². The fraction of sp³-hybridized carbons (Fsp3) is 0.833. The molecule has 0 amide bonds. The van der Waals surface area contributed by atoms with E-state index in [4.69, 9.17) is 0 Å². The lowest BCUT2D eigenvalue weighted by Crippen LogP contribution is -2.09. The van der Waals surface area contributed by atoms with Crippen LogP contribution < -0.4 is 0 Å². The SMILES string of the molecule is CCCCCCCC/C=C\CCCCCCCC(=O)OOC(=O)/C=C/CCCCCCCCCCCCCCC. The smallest absolute Gasteiger partial charge is 0.247 e. The molecule has 234 valence electrons. The number of carbonyl (C=O) groups excluding carboxylic acids is 2. The standard InChI is InChI=1S/C36H66O4/c1-3-5-7-9-11-13-15-17-19-21-23-25-27-29-31-33-35(37)39-40-36(38)34-32-30-28-26-24-22-20-18-16-14-12-10-8-6-4-2/h17,19,32,34H,3-16,18,20-31,33H2,1-2H3/b19-17-,34-32+. The lowest BCUT2D eigenvalue weighted by atomic mass is 10.0. The quantitative estimate of drug-likeness (QED) is 0.0287. The summed E-state index contributed by atoms with van der Waals surface area (Å²) in [5.74, 6) is -1.07. The summed E-state index contributed by atoms with van der Waals surface area (Å²) in [5.41, 5.74) is 0. The van der Waals surface area contributed by atoms with Crippen LogP contribution in [0.4, 0.5) is 0 Å². The van der Waals surface area contributed by atoms with Gasteiger partial charge in [0.2, 0.25) is 0 Å². The van der Waals surface area contributed by atoms with Crippen molar-refractivity contribution in [1.29, 1.82) is 0 Å². The zero-order chi connectivity index (χ0) is 29.2. The molecule has 0 aromatic rings. The molecule has 0 aliphatic rings. The second-order valence-corrected chi connectivity index (χ2v) is 11.6. The van der Waals surface area contributed by atoms with Crippen LogP contribution in [0.5, 0.6) is 0 Å². The Bertz CT molecular complexity index is 596. The Hall–Kier alpha value is -1.58. The van der Waals surface area contributed by atoms with Crippen LogP contribution >= 0.6 is 0 Å². The maximum absolute atomic E-state index is 11.8. The third kappa shape index (κ3) is 32.6. The maximum atomic E-state index is 11.8. The zero-order valence-electron chi connectivity index (χ0n) is 26.7. The van der Waals surface area contributed by atoms with Crippen molar-refractivity contribution in [3.63, 3.8) is 0 Å². The lowest BCUT2D eigenvalue weighted by Gasteiger charge is -2.03.